The number of hydrogen-bond acceptors (Lipinski definition) is 2. The van der Waals surface area contributed by atoms with E-state index in [2.05, 4.69) is 0 Å². The third kappa shape index (κ3) is 2.01. The molecule has 16 heavy (non-hydrogen) atoms. The van der Waals surface area contributed by atoms with E-state index < -0.39 is 0 Å². The average Bonchev–Trinajstić information content (AvgIpc) is 2.67. The largest absolute Gasteiger partial charge is 0.320 e. The van der Waals surface area contributed by atoms with E-state index in [9.17, 15) is 4.39 Å². The molecule has 0 aliphatic rings. The second kappa shape index (κ2) is 4.36. The van der Waals surface area contributed by atoms with Crippen LogP contribution >= 0.6 is 11.3 Å². The van der Waals surface area contributed by atoms with Gasteiger partial charge >= 0.3 is 0 Å². The van der Waals surface area contributed by atoms with E-state index in [1.807, 2.05) is 24.4 Å². The molecule has 0 amide bonds. The highest BCUT2D eigenvalue weighted by molar-refractivity contribution is 7.10. The minimum absolute atomic E-state index is 0.194. The van der Waals surface area contributed by atoms with E-state index in [0.717, 1.165) is 11.1 Å². The van der Waals surface area contributed by atoms with Crippen molar-refractivity contribution in [2.75, 3.05) is 0 Å². The van der Waals surface area contributed by atoms with Crippen LogP contribution in [0, 0.1) is 19.7 Å². The van der Waals surface area contributed by atoms with Crippen LogP contribution in [0.15, 0.2) is 29.6 Å². The summed E-state index contributed by atoms with van der Waals surface area (Å²) in [7, 11) is 0. The summed E-state index contributed by atoms with van der Waals surface area (Å²) >= 11 is 1.66. The molecule has 0 spiro atoms. The Labute approximate surface area is 98.7 Å². The lowest BCUT2D eigenvalue weighted by molar-refractivity contribution is 0.614. The molecular formula is C13H14FNS. The van der Waals surface area contributed by atoms with E-state index in [1.54, 1.807) is 24.3 Å². The number of aryl methyl sites for hydroxylation is 2. The Morgan fingerprint density at radius 3 is 2.56 bits per heavy atom. The van der Waals surface area contributed by atoms with Crippen molar-refractivity contribution in [1.82, 2.24) is 0 Å². The SMILES string of the molecule is Cc1ccc(C(N)c2ccsc2C)cc1F. The van der Waals surface area contributed by atoms with Crippen molar-refractivity contribution in [3.05, 3.63) is 57.0 Å². The van der Waals surface area contributed by atoms with Crippen LogP contribution < -0.4 is 5.73 Å². The zero-order chi connectivity index (χ0) is 11.7. The molecule has 84 valence electrons. The molecule has 1 heterocycles. The van der Waals surface area contributed by atoms with Crippen molar-refractivity contribution in [2.24, 2.45) is 5.73 Å². The maximum Gasteiger partial charge on any atom is 0.126 e. The van der Waals surface area contributed by atoms with Gasteiger partial charge in [0.15, 0.2) is 0 Å². The van der Waals surface area contributed by atoms with Crippen LogP contribution in [0.1, 0.15) is 27.6 Å². The second-order valence-corrected chi connectivity index (χ2v) is 5.04. The summed E-state index contributed by atoms with van der Waals surface area (Å²) in [5, 5.41) is 2.01. The van der Waals surface area contributed by atoms with Crippen LogP contribution in [0.4, 0.5) is 4.39 Å². The number of hydrogen-bond donors (Lipinski definition) is 1. The third-order valence-electron chi connectivity index (χ3n) is 2.79. The Hall–Kier alpha value is -1.19. The van der Waals surface area contributed by atoms with Gasteiger partial charge in [0.25, 0.3) is 0 Å². The molecule has 1 unspecified atom stereocenters. The van der Waals surface area contributed by atoms with Gasteiger partial charge in [-0.25, -0.2) is 4.39 Å². The van der Waals surface area contributed by atoms with Crippen LogP contribution in [-0.2, 0) is 0 Å². The molecule has 1 atom stereocenters. The van der Waals surface area contributed by atoms with Crippen molar-refractivity contribution in [1.29, 1.82) is 0 Å². The molecule has 1 nitrogen and oxygen atoms in total. The first kappa shape index (κ1) is 11.3. The van der Waals surface area contributed by atoms with Gasteiger partial charge in [-0.2, -0.15) is 0 Å². The van der Waals surface area contributed by atoms with Gasteiger partial charge in [0.05, 0.1) is 6.04 Å². The molecule has 0 saturated heterocycles. The van der Waals surface area contributed by atoms with E-state index in [-0.39, 0.29) is 11.9 Å². The van der Waals surface area contributed by atoms with Gasteiger partial charge in [0.1, 0.15) is 5.82 Å². The molecular weight excluding hydrogens is 221 g/mol. The van der Waals surface area contributed by atoms with Crippen LogP contribution in [0.25, 0.3) is 0 Å². The highest BCUT2D eigenvalue weighted by atomic mass is 32.1. The Morgan fingerprint density at radius 1 is 1.25 bits per heavy atom. The Balaban J connectivity index is 2.38. The van der Waals surface area contributed by atoms with Crippen molar-refractivity contribution in [3.8, 4) is 0 Å². The minimum Gasteiger partial charge on any atom is -0.320 e. The molecule has 0 aliphatic carbocycles. The fourth-order valence-electron chi connectivity index (χ4n) is 1.70. The summed E-state index contributed by atoms with van der Waals surface area (Å²) in [5.74, 6) is -0.194. The molecule has 0 bridgehead atoms. The summed E-state index contributed by atoms with van der Waals surface area (Å²) in [6.45, 7) is 3.78. The van der Waals surface area contributed by atoms with Gasteiger partial charge in [-0.15, -0.1) is 11.3 Å². The molecule has 0 saturated carbocycles. The number of halogens is 1. The van der Waals surface area contributed by atoms with E-state index in [0.29, 0.717) is 5.56 Å². The summed E-state index contributed by atoms with van der Waals surface area (Å²) in [6, 6.07) is 6.95. The predicted octanol–water partition coefficient (Wildman–Crippen LogP) is 3.55. The maximum absolute atomic E-state index is 13.4. The first-order valence-corrected chi connectivity index (χ1v) is 6.03. The molecule has 2 aromatic rings. The fraction of sp³-hybridized carbons (Fsp3) is 0.231. The quantitative estimate of drug-likeness (QED) is 0.846. The highest BCUT2D eigenvalue weighted by Gasteiger charge is 2.13. The predicted molar refractivity (Wildman–Crippen MR) is 66.2 cm³/mol. The monoisotopic (exact) mass is 235 g/mol. The Bertz CT molecular complexity index is 504. The summed E-state index contributed by atoms with van der Waals surface area (Å²) < 4.78 is 13.4. The topological polar surface area (TPSA) is 26.0 Å². The first-order valence-electron chi connectivity index (χ1n) is 5.15. The minimum atomic E-state index is -0.235. The molecule has 2 N–H and O–H groups in total. The molecule has 0 radical (unpaired) electrons. The van der Waals surface area contributed by atoms with Crippen molar-refractivity contribution < 1.29 is 4.39 Å². The fourth-order valence-corrected chi connectivity index (χ4v) is 2.45. The van der Waals surface area contributed by atoms with Crippen molar-refractivity contribution in [2.45, 2.75) is 19.9 Å². The van der Waals surface area contributed by atoms with E-state index in [1.165, 1.54) is 10.9 Å². The third-order valence-corrected chi connectivity index (χ3v) is 3.65. The first-order chi connectivity index (χ1) is 7.59. The van der Waals surface area contributed by atoms with Crippen LogP contribution in [0.5, 0.6) is 0 Å². The van der Waals surface area contributed by atoms with E-state index in [4.69, 9.17) is 5.73 Å². The smallest absolute Gasteiger partial charge is 0.126 e. The lowest BCUT2D eigenvalue weighted by Crippen LogP contribution is -2.12. The molecule has 1 aromatic carbocycles. The lowest BCUT2D eigenvalue weighted by atomic mass is 9.99. The Morgan fingerprint density at radius 2 is 2.00 bits per heavy atom. The van der Waals surface area contributed by atoms with Gasteiger partial charge in [0.2, 0.25) is 0 Å². The summed E-state index contributed by atoms with van der Waals surface area (Å²) in [4.78, 5) is 1.19. The van der Waals surface area contributed by atoms with Crippen LogP contribution in [-0.4, -0.2) is 0 Å². The number of rotatable bonds is 2. The average molecular weight is 235 g/mol. The van der Waals surface area contributed by atoms with Crippen LogP contribution in [0.2, 0.25) is 0 Å². The molecule has 3 heteroatoms. The zero-order valence-corrected chi connectivity index (χ0v) is 10.1. The molecule has 1 aromatic heterocycles. The highest BCUT2D eigenvalue weighted by Crippen LogP contribution is 2.26. The van der Waals surface area contributed by atoms with Crippen LogP contribution in [0.3, 0.4) is 0 Å². The maximum atomic E-state index is 13.4. The second-order valence-electron chi connectivity index (χ2n) is 3.92. The van der Waals surface area contributed by atoms with Gasteiger partial charge in [-0.05, 0) is 48.1 Å². The van der Waals surface area contributed by atoms with Gasteiger partial charge in [0, 0.05) is 4.88 Å². The lowest BCUT2D eigenvalue weighted by Gasteiger charge is -2.12. The van der Waals surface area contributed by atoms with Gasteiger partial charge < -0.3 is 5.73 Å². The summed E-state index contributed by atoms with van der Waals surface area (Å²) in [5.41, 5.74) is 8.67. The zero-order valence-electron chi connectivity index (χ0n) is 9.33. The molecule has 2 rings (SSSR count). The molecule has 0 aliphatic heterocycles. The number of nitrogens with two attached hydrogens (primary N) is 1. The van der Waals surface area contributed by atoms with Crippen molar-refractivity contribution in [3.63, 3.8) is 0 Å². The summed E-state index contributed by atoms with van der Waals surface area (Å²) in [6.07, 6.45) is 0. The number of thiophene rings is 1. The van der Waals surface area contributed by atoms with E-state index >= 15 is 0 Å². The molecule has 0 fully saturated rings. The normalized spacial score (nSPS) is 12.8. The van der Waals surface area contributed by atoms with Crippen molar-refractivity contribution >= 4 is 11.3 Å². The van der Waals surface area contributed by atoms with Gasteiger partial charge in [-0.1, -0.05) is 12.1 Å². The standard InChI is InChI=1S/C13H14FNS/c1-8-3-4-10(7-12(8)14)13(15)11-5-6-16-9(11)2/h3-7,13H,15H2,1-2H3. The van der Waals surface area contributed by atoms with Gasteiger partial charge in [-0.3, -0.25) is 0 Å². The Kier molecular flexibility index (Phi) is 3.08. The number of benzene rings is 1.